The zero-order valence-corrected chi connectivity index (χ0v) is 21.0. The first-order valence-electron chi connectivity index (χ1n) is 12.4. The van der Waals surface area contributed by atoms with Gasteiger partial charge >= 0.3 is 5.97 Å². The molecule has 9 heteroatoms. The second kappa shape index (κ2) is 11.5. The Labute approximate surface area is 225 Å². The molecule has 0 bridgehead atoms. The summed E-state index contributed by atoms with van der Waals surface area (Å²) in [7, 11) is 0. The molecule has 39 heavy (non-hydrogen) atoms. The molecule has 0 unspecified atom stereocenters. The van der Waals surface area contributed by atoms with Gasteiger partial charge in [-0.1, -0.05) is 36.4 Å². The van der Waals surface area contributed by atoms with Crippen LogP contribution >= 0.6 is 0 Å². The number of benzene rings is 3. The molecule has 1 fully saturated rings. The molecule has 1 aliphatic rings. The summed E-state index contributed by atoms with van der Waals surface area (Å²) in [5.74, 6) is 0.510. The normalized spacial score (nSPS) is 13.2. The van der Waals surface area contributed by atoms with Gasteiger partial charge in [0.1, 0.15) is 17.3 Å². The van der Waals surface area contributed by atoms with E-state index in [-0.39, 0.29) is 23.9 Å². The minimum atomic E-state index is -0.996. The standard InChI is InChI=1S/C30H26N4O5/c35-28-20-33(14-15-34(28)19-21-6-4-8-23(16-21)30(37)38)27-13-12-24(18-31-27)32-29(36)22-7-5-11-26(17-22)39-25-9-2-1-3-10-25/h1-13,16-18H,14-15,19-20H2,(H,32,36)(H,37,38). The number of carbonyl (C=O) groups excluding carboxylic acids is 2. The molecule has 0 spiro atoms. The average Bonchev–Trinajstić information content (AvgIpc) is 2.95. The van der Waals surface area contributed by atoms with E-state index in [1.807, 2.05) is 41.3 Å². The van der Waals surface area contributed by atoms with Crippen molar-refractivity contribution < 1.29 is 24.2 Å². The van der Waals surface area contributed by atoms with Crippen LogP contribution in [0.3, 0.4) is 0 Å². The third-order valence-corrected chi connectivity index (χ3v) is 6.27. The van der Waals surface area contributed by atoms with Gasteiger partial charge in [-0.25, -0.2) is 9.78 Å². The number of hydrogen-bond acceptors (Lipinski definition) is 6. The summed E-state index contributed by atoms with van der Waals surface area (Å²) in [5, 5.41) is 12.0. The number of carbonyl (C=O) groups is 3. The fraction of sp³-hybridized carbons (Fsp3) is 0.133. The maximum Gasteiger partial charge on any atom is 0.335 e. The maximum absolute atomic E-state index is 12.8. The van der Waals surface area contributed by atoms with Crippen LogP contribution < -0.4 is 15.0 Å². The molecule has 2 heterocycles. The van der Waals surface area contributed by atoms with Crippen molar-refractivity contribution in [1.82, 2.24) is 9.88 Å². The van der Waals surface area contributed by atoms with Gasteiger partial charge in [0.05, 0.1) is 24.0 Å². The van der Waals surface area contributed by atoms with E-state index < -0.39 is 5.97 Å². The van der Waals surface area contributed by atoms with Gasteiger partial charge in [-0.3, -0.25) is 9.59 Å². The van der Waals surface area contributed by atoms with Crippen LogP contribution in [0.5, 0.6) is 11.5 Å². The smallest absolute Gasteiger partial charge is 0.335 e. The highest BCUT2D eigenvalue weighted by molar-refractivity contribution is 6.04. The predicted octanol–water partition coefficient (Wildman–Crippen LogP) is 4.67. The Hall–Kier alpha value is -5.18. The lowest BCUT2D eigenvalue weighted by atomic mass is 10.1. The zero-order valence-electron chi connectivity index (χ0n) is 21.0. The topological polar surface area (TPSA) is 112 Å². The predicted molar refractivity (Wildman–Crippen MR) is 146 cm³/mol. The van der Waals surface area contributed by atoms with E-state index >= 15 is 0 Å². The van der Waals surface area contributed by atoms with Gasteiger partial charge < -0.3 is 25.0 Å². The minimum absolute atomic E-state index is 0.0706. The van der Waals surface area contributed by atoms with Crippen molar-refractivity contribution in [2.75, 3.05) is 29.9 Å². The number of aromatic carboxylic acids is 1. The molecule has 0 radical (unpaired) electrons. The number of carboxylic acid groups (broad SMARTS) is 1. The lowest BCUT2D eigenvalue weighted by Crippen LogP contribution is -2.50. The molecule has 2 amide bonds. The van der Waals surface area contributed by atoms with E-state index in [1.54, 1.807) is 59.6 Å². The number of nitrogens with one attached hydrogen (secondary N) is 1. The summed E-state index contributed by atoms with van der Waals surface area (Å²) in [4.78, 5) is 44.8. The summed E-state index contributed by atoms with van der Waals surface area (Å²) >= 11 is 0. The number of rotatable bonds is 8. The number of nitrogens with zero attached hydrogens (tertiary/aromatic N) is 3. The quantitative estimate of drug-likeness (QED) is 0.346. The van der Waals surface area contributed by atoms with Gasteiger partial charge in [-0.2, -0.15) is 0 Å². The van der Waals surface area contributed by atoms with Crippen molar-refractivity contribution in [3.63, 3.8) is 0 Å². The Bertz CT molecular complexity index is 1490. The number of anilines is 2. The molecule has 1 aliphatic heterocycles. The monoisotopic (exact) mass is 522 g/mol. The molecular formula is C30H26N4O5. The molecule has 9 nitrogen and oxygen atoms in total. The SMILES string of the molecule is O=C(O)c1cccc(CN2CCN(c3ccc(NC(=O)c4cccc(Oc5ccccc5)c4)cn3)CC2=O)c1. The van der Waals surface area contributed by atoms with Crippen LogP contribution in [0, 0.1) is 0 Å². The summed E-state index contributed by atoms with van der Waals surface area (Å²) in [6.45, 7) is 1.57. The maximum atomic E-state index is 12.8. The van der Waals surface area contributed by atoms with Crippen LogP contribution in [0.15, 0.2) is 97.2 Å². The Morgan fingerprint density at radius 1 is 0.872 bits per heavy atom. The Morgan fingerprint density at radius 2 is 1.64 bits per heavy atom. The molecule has 3 aromatic carbocycles. The number of ether oxygens (including phenoxy) is 1. The molecule has 196 valence electrons. The summed E-state index contributed by atoms with van der Waals surface area (Å²) in [5.41, 5.74) is 1.94. The van der Waals surface area contributed by atoms with Crippen LogP contribution in [0.2, 0.25) is 0 Å². The highest BCUT2D eigenvalue weighted by Gasteiger charge is 2.25. The number of piperazine rings is 1. The highest BCUT2D eigenvalue weighted by Crippen LogP contribution is 2.23. The zero-order chi connectivity index (χ0) is 27.2. The van der Waals surface area contributed by atoms with Gasteiger partial charge in [0.15, 0.2) is 0 Å². The van der Waals surface area contributed by atoms with E-state index in [0.29, 0.717) is 48.2 Å². The van der Waals surface area contributed by atoms with E-state index in [0.717, 1.165) is 5.56 Å². The van der Waals surface area contributed by atoms with Gasteiger partial charge in [-0.15, -0.1) is 0 Å². The molecule has 5 rings (SSSR count). The van der Waals surface area contributed by atoms with E-state index in [1.165, 1.54) is 6.07 Å². The summed E-state index contributed by atoms with van der Waals surface area (Å²) in [6.07, 6.45) is 1.56. The van der Waals surface area contributed by atoms with Crippen LogP contribution in [-0.4, -0.2) is 52.4 Å². The largest absolute Gasteiger partial charge is 0.478 e. The van der Waals surface area contributed by atoms with Crippen molar-refractivity contribution in [3.05, 3.63) is 114 Å². The number of pyridine rings is 1. The number of para-hydroxylation sites is 1. The third kappa shape index (κ3) is 6.40. The first-order valence-corrected chi connectivity index (χ1v) is 12.4. The third-order valence-electron chi connectivity index (χ3n) is 6.27. The van der Waals surface area contributed by atoms with Crippen LogP contribution in [0.25, 0.3) is 0 Å². The van der Waals surface area contributed by atoms with Gasteiger partial charge in [-0.05, 0) is 60.2 Å². The minimum Gasteiger partial charge on any atom is -0.478 e. The number of aromatic nitrogens is 1. The molecule has 2 N–H and O–H groups in total. The number of amides is 2. The number of hydrogen-bond donors (Lipinski definition) is 2. The molecule has 4 aromatic rings. The fourth-order valence-electron chi connectivity index (χ4n) is 4.27. The van der Waals surface area contributed by atoms with Gasteiger partial charge in [0.2, 0.25) is 5.91 Å². The van der Waals surface area contributed by atoms with Crippen molar-refractivity contribution in [1.29, 1.82) is 0 Å². The number of carboxylic acids is 1. The first-order chi connectivity index (χ1) is 18.9. The molecular weight excluding hydrogens is 496 g/mol. The second-order valence-electron chi connectivity index (χ2n) is 9.04. The summed E-state index contributed by atoms with van der Waals surface area (Å²) in [6, 6.07) is 26.4. The van der Waals surface area contributed by atoms with Crippen LogP contribution in [0.4, 0.5) is 11.5 Å². The van der Waals surface area contributed by atoms with Crippen molar-refractivity contribution in [2.24, 2.45) is 0 Å². The Kier molecular flexibility index (Phi) is 7.49. The van der Waals surface area contributed by atoms with Crippen molar-refractivity contribution >= 4 is 29.3 Å². The average molecular weight is 523 g/mol. The molecule has 1 aromatic heterocycles. The molecule has 1 saturated heterocycles. The summed E-state index contributed by atoms with van der Waals surface area (Å²) < 4.78 is 5.81. The van der Waals surface area contributed by atoms with Crippen LogP contribution in [0.1, 0.15) is 26.3 Å². The van der Waals surface area contributed by atoms with Crippen molar-refractivity contribution in [3.8, 4) is 11.5 Å². The van der Waals surface area contributed by atoms with Crippen molar-refractivity contribution in [2.45, 2.75) is 6.54 Å². The van der Waals surface area contributed by atoms with Gasteiger partial charge in [0, 0.05) is 25.2 Å². The highest BCUT2D eigenvalue weighted by atomic mass is 16.5. The lowest BCUT2D eigenvalue weighted by Gasteiger charge is -2.35. The van der Waals surface area contributed by atoms with E-state index in [9.17, 15) is 19.5 Å². The fourth-order valence-corrected chi connectivity index (χ4v) is 4.27. The molecule has 0 atom stereocenters. The van der Waals surface area contributed by atoms with Crippen LogP contribution in [-0.2, 0) is 11.3 Å². The van der Waals surface area contributed by atoms with E-state index in [4.69, 9.17) is 4.74 Å². The Balaban J connectivity index is 1.17. The molecule has 0 aliphatic carbocycles. The van der Waals surface area contributed by atoms with Gasteiger partial charge in [0.25, 0.3) is 5.91 Å². The lowest BCUT2D eigenvalue weighted by molar-refractivity contribution is -0.131. The first kappa shape index (κ1) is 25.5. The van der Waals surface area contributed by atoms with E-state index in [2.05, 4.69) is 10.3 Å². The molecule has 0 saturated carbocycles. The Morgan fingerprint density at radius 3 is 2.38 bits per heavy atom. The second-order valence-corrected chi connectivity index (χ2v) is 9.04.